The standard InChI is InChI=1S/C21H26O4/c1-14(22)24-19(3)18-9-16-10-20(12-18,17-7-5-4-6-8-17)13-21(19,11-16)25-15(2)23/h4-8,16,18H,9-13H2,1-3H3. The minimum absolute atomic E-state index is 0.0161. The van der Waals surface area contributed by atoms with Gasteiger partial charge in [-0.25, -0.2) is 0 Å². The first-order valence-corrected chi connectivity index (χ1v) is 9.23. The van der Waals surface area contributed by atoms with Gasteiger partial charge in [0.15, 0.2) is 11.2 Å². The summed E-state index contributed by atoms with van der Waals surface area (Å²) in [6.45, 7) is 4.89. The fourth-order valence-corrected chi connectivity index (χ4v) is 6.29. The van der Waals surface area contributed by atoms with Gasteiger partial charge in [-0.1, -0.05) is 30.3 Å². The highest BCUT2D eigenvalue weighted by Gasteiger charge is 2.71. The Hall–Kier alpha value is -1.84. The van der Waals surface area contributed by atoms with Gasteiger partial charge in [-0.15, -0.1) is 0 Å². The normalized spacial score (nSPS) is 41.4. The highest BCUT2D eigenvalue weighted by Crippen LogP contribution is 2.67. The summed E-state index contributed by atoms with van der Waals surface area (Å²) in [5.41, 5.74) is -0.113. The molecule has 1 aromatic carbocycles. The van der Waals surface area contributed by atoms with Crippen molar-refractivity contribution in [3.05, 3.63) is 35.9 Å². The van der Waals surface area contributed by atoms with Gasteiger partial charge >= 0.3 is 11.9 Å². The lowest BCUT2D eigenvalue weighted by molar-refractivity contribution is -0.281. The Bertz CT molecular complexity index is 714. The van der Waals surface area contributed by atoms with Crippen LogP contribution in [0.25, 0.3) is 0 Å². The van der Waals surface area contributed by atoms with E-state index in [1.54, 1.807) is 0 Å². The van der Waals surface area contributed by atoms with Crippen molar-refractivity contribution < 1.29 is 19.1 Å². The molecule has 0 radical (unpaired) electrons. The second-order valence-corrected chi connectivity index (χ2v) is 8.52. The lowest BCUT2D eigenvalue weighted by Crippen LogP contribution is -2.73. The molecule has 134 valence electrons. The topological polar surface area (TPSA) is 52.6 Å². The molecule has 1 aromatic rings. The second-order valence-electron chi connectivity index (χ2n) is 8.52. The van der Waals surface area contributed by atoms with Crippen molar-refractivity contribution in [1.82, 2.24) is 0 Å². The van der Waals surface area contributed by atoms with Crippen LogP contribution in [0.5, 0.6) is 0 Å². The van der Waals surface area contributed by atoms with E-state index in [1.807, 2.05) is 13.0 Å². The molecule has 0 aliphatic heterocycles. The summed E-state index contributed by atoms with van der Waals surface area (Å²) < 4.78 is 11.9. The Morgan fingerprint density at radius 1 is 1.00 bits per heavy atom. The van der Waals surface area contributed by atoms with E-state index in [2.05, 4.69) is 24.3 Å². The molecule has 5 unspecified atom stereocenters. The second kappa shape index (κ2) is 5.33. The summed E-state index contributed by atoms with van der Waals surface area (Å²) in [4.78, 5) is 23.8. The minimum Gasteiger partial charge on any atom is -0.455 e. The fourth-order valence-electron chi connectivity index (χ4n) is 6.29. The molecule has 0 amide bonds. The van der Waals surface area contributed by atoms with Crippen LogP contribution in [-0.2, 0) is 24.5 Å². The molecular weight excluding hydrogens is 316 g/mol. The maximum Gasteiger partial charge on any atom is 0.303 e. The zero-order valence-corrected chi connectivity index (χ0v) is 15.2. The molecule has 5 atom stereocenters. The van der Waals surface area contributed by atoms with Gasteiger partial charge in [0.25, 0.3) is 0 Å². The van der Waals surface area contributed by atoms with E-state index >= 15 is 0 Å². The molecule has 4 heteroatoms. The minimum atomic E-state index is -0.736. The summed E-state index contributed by atoms with van der Waals surface area (Å²) >= 11 is 0. The highest BCUT2D eigenvalue weighted by atomic mass is 16.6. The maximum absolute atomic E-state index is 12.0. The first-order chi connectivity index (χ1) is 11.8. The van der Waals surface area contributed by atoms with Gasteiger partial charge in [0.1, 0.15) is 0 Å². The average molecular weight is 342 g/mol. The molecule has 4 fully saturated rings. The number of ether oxygens (including phenoxy) is 2. The van der Waals surface area contributed by atoms with Crippen molar-refractivity contribution in [2.75, 3.05) is 0 Å². The molecule has 4 aliphatic rings. The molecule has 0 saturated heterocycles. The van der Waals surface area contributed by atoms with Crippen LogP contribution in [0.4, 0.5) is 0 Å². The van der Waals surface area contributed by atoms with Crippen LogP contribution in [0.2, 0.25) is 0 Å². The Balaban J connectivity index is 1.82. The molecule has 0 heterocycles. The number of hydrogen-bond donors (Lipinski definition) is 0. The fraction of sp³-hybridized carbons (Fsp3) is 0.619. The van der Waals surface area contributed by atoms with E-state index in [9.17, 15) is 9.59 Å². The summed E-state index contributed by atoms with van der Waals surface area (Å²) in [7, 11) is 0. The number of carbonyl (C=O) groups excluding carboxylic acids is 2. The largest absolute Gasteiger partial charge is 0.455 e. The Morgan fingerprint density at radius 2 is 1.68 bits per heavy atom. The predicted molar refractivity (Wildman–Crippen MR) is 92.9 cm³/mol. The van der Waals surface area contributed by atoms with Crippen LogP contribution < -0.4 is 0 Å². The van der Waals surface area contributed by atoms with Crippen molar-refractivity contribution in [1.29, 1.82) is 0 Å². The van der Waals surface area contributed by atoms with Crippen LogP contribution in [-0.4, -0.2) is 23.1 Å². The van der Waals surface area contributed by atoms with Gasteiger partial charge in [0.2, 0.25) is 0 Å². The summed E-state index contributed by atoms with van der Waals surface area (Å²) in [5, 5.41) is 0. The maximum atomic E-state index is 12.0. The molecule has 4 nitrogen and oxygen atoms in total. The van der Waals surface area contributed by atoms with E-state index in [0.717, 1.165) is 32.1 Å². The number of rotatable bonds is 3. The Kier molecular flexibility index (Phi) is 3.54. The average Bonchev–Trinajstić information content (AvgIpc) is 2.52. The van der Waals surface area contributed by atoms with Crippen molar-refractivity contribution in [2.24, 2.45) is 11.8 Å². The third kappa shape index (κ3) is 2.33. The Morgan fingerprint density at radius 3 is 2.32 bits per heavy atom. The first kappa shape index (κ1) is 16.6. The zero-order chi connectivity index (χ0) is 17.9. The van der Waals surface area contributed by atoms with Gasteiger partial charge in [-0.2, -0.15) is 0 Å². The smallest absolute Gasteiger partial charge is 0.303 e. The molecular formula is C21H26O4. The lowest BCUT2D eigenvalue weighted by Gasteiger charge is -2.67. The van der Waals surface area contributed by atoms with Crippen molar-refractivity contribution >= 4 is 11.9 Å². The lowest BCUT2D eigenvalue weighted by atomic mass is 9.41. The van der Waals surface area contributed by atoms with E-state index in [1.165, 1.54) is 19.4 Å². The van der Waals surface area contributed by atoms with Crippen LogP contribution in [0.3, 0.4) is 0 Å². The summed E-state index contributed by atoms with van der Waals surface area (Å²) in [6, 6.07) is 10.6. The third-order valence-corrected chi connectivity index (χ3v) is 6.94. The van der Waals surface area contributed by atoms with Crippen LogP contribution in [0.1, 0.15) is 58.4 Å². The molecule has 0 aromatic heterocycles. The van der Waals surface area contributed by atoms with Crippen molar-refractivity contribution in [3.8, 4) is 0 Å². The van der Waals surface area contributed by atoms with E-state index in [-0.39, 0.29) is 23.3 Å². The third-order valence-electron chi connectivity index (χ3n) is 6.94. The number of carbonyl (C=O) groups is 2. The highest BCUT2D eigenvalue weighted by molar-refractivity contribution is 5.69. The number of benzene rings is 1. The first-order valence-electron chi connectivity index (χ1n) is 9.23. The molecule has 0 N–H and O–H groups in total. The van der Waals surface area contributed by atoms with E-state index < -0.39 is 11.2 Å². The van der Waals surface area contributed by atoms with Gasteiger partial charge in [0.05, 0.1) is 0 Å². The summed E-state index contributed by atoms with van der Waals surface area (Å²) in [6.07, 6.45) is 4.69. The molecule has 4 aliphatic carbocycles. The van der Waals surface area contributed by atoms with Crippen molar-refractivity contribution in [2.45, 2.75) is 69.5 Å². The monoisotopic (exact) mass is 342 g/mol. The molecule has 4 saturated carbocycles. The molecule has 0 spiro atoms. The van der Waals surface area contributed by atoms with E-state index in [0.29, 0.717) is 5.92 Å². The van der Waals surface area contributed by atoms with Crippen LogP contribution in [0, 0.1) is 11.8 Å². The van der Waals surface area contributed by atoms with Gasteiger partial charge in [0, 0.05) is 26.2 Å². The van der Waals surface area contributed by atoms with Crippen LogP contribution >= 0.6 is 0 Å². The van der Waals surface area contributed by atoms with Gasteiger partial charge in [-0.3, -0.25) is 9.59 Å². The molecule has 4 bridgehead atoms. The number of hydrogen-bond acceptors (Lipinski definition) is 4. The summed E-state index contributed by atoms with van der Waals surface area (Å²) in [5.74, 6) is 0.145. The van der Waals surface area contributed by atoms with Gasteiger partial charge in [-0.05, 0) is 49.5 Å². The Labute approximate surface area is 148 Å². The van der Waals surface area contributed by atoms with Gasteiger partial charge < -0.3 is 9.47 Å². The zero-order valence-electron chi connectivity index (χ0n) is 15.2. The molecule has 5 rings (SSSR count). The van der Waals surface area contributed by atoms with Crippen molar-refractivity contribution in [3.63, 3.8) is 0 Å². The SMILES string of the molecule is CC(=O)OC12CC3CC(CC(c4ccccc4)(C3)C1)C2(C)OC(C)=O. The molecule has 25 heavy (non-hydrogen) atoms. The predicted octanol–water partition coefficient (Wildman–Crippen LogP) is 3.77. The van der Waals surface area contributed by atoms with Crippen LogP contribution in [0.15, 0.2) is 30.3 Å². The quantitative estimate of drug-likeness (QED) is 0.785. The van der Waals surface area contributed by atoms with E-state index in [4.69, 9.17) is 9.47 Å². The number of esters is 2.